The van der Waals surface area contributed by atoms with Crippen LogP contribution in [0.3, 0.4) is 0 Å². The van der Waals surface area contributed by atoms with Gasteiger partial charge in [-0.3, -0.25) is 9.97 Å². The normalized spacial score (nSPS) is 12.2. The van der Waals surface area contributed by atoms with Crippen LogP contribution in [0.25, 0.3) is 22.2 Å². The average molecular weight is 333 g/mol. The highest BCUT2D eigenvalue weighted by Crippen LogP contribution is 2.32. The molecule has 6 heteroatoms. The monoisotopic (exact) mass is 333 g/mol. The molecule has 4 radical (unpaired) electrons. The fourth-order valence-electron chi connectivity index (χ4n) is 2.66. The molecule has 118 valence electrons. The molecule has 0 saturated heterocycles. The highest BCUT2D eigenvalue weighted by molar-refractivity contribution is 6.39. The molecule has 0 unspecified atom stereocenters. The van der Waals surface area contributed by atoms with Crippen molar-refractivity contribution in [1.82, 2.24) is 15.0 Å². The number of fused-ring (bicyclic) bond motifs is 1. The molecule has 0 saturated carbocycles. The summed E-state index contributed by atoms with van der Waals surface area (Å²) in [6.07, 6.45) is 3.87. The highest BCUT2D eigenvalue weighted by atomic mass is 35.5. The maximum absolute atomic E-state index is 6.45. The zero-order chi connectivity index (χ0) is 17.5. The van der Waals surface area contributed by atoms with Crippen LogP contribution in [0.5, 0.6) is 0 Å². The second-order valence-corrected chi connectivity index (χ2v) is 7.28. The summed E-state index contributed by atoms with van der Waals surface area (Å²) in [6.45, 7) is 6.06. The SMILES string of the molecule is [B]C([B])(C)Cc1cnc(-c2cc3[nH]c(C(C)C)cc3cc2Cl)cn1. The van der Waals surface area contributed by atoms with E-state index in [1.54, 1.807) is 19.3 Å². The number of aromatic nitrogens is 3. The standard InChI is InChI=1S/C18H18B2ClN3/c1-10(2)15-5-11-4-14(21)13(6-16(11)24-15)17-9-22-12(8-23-17)7-18(3,19)20/h4-6,8-10,24H,7H2,1-3H3. The van der Waals surface area contributed by atoms with E-state index in [1.165, 1.54) is 5.69 Å². The molecule has 0 amide bonds. The zero-order valence-electron chi connectivity index (χ0n) is 14.1. The maximum atomic E-state index is 6.45. The Labute approximate surface area is 150 Å². The maximum Gasteiger partial charge on any atom is 0.0901 e. The van der Waals surface area contributed by atoms with Crippen LogP contribution in [-0.4, -0.2) is 30.6 Å². The fraction of sp³-hybridized carbons (Fsp3) is 0.333. The summed E-state index contributed by atoms with van der Waals surface area (Å²) in [6, 6.07) is 6.11. The van der Waals surface area contributed by atoms with Gasteiger partial charge in [-0.15, -0.1) is 0 Å². The molecule has 1 aromatic carbocycles. The van der Waals surface area contributed by atoms with E-state index in [2.05, 4.69) is 34.9 Å². The number of rotatable bonds is 4. The molecular formula is C18H18B2ClN3. The number of halogens is 1. The molecule has 0 fully saturated rings. The van der Waals surface area contributed by atoms with Crippen molar-refractivity contribution in [3.63, 3.8) is 0 Å². The summed E-state index contributed by atoms with van der Waals surface area (Å²) in [5.74, 6) is 0.431. The van der Waals surface area contributed by atoms with Crippen molar-refractivity contribution in [2.45, 2.75) is 38.3 Å². The number of nitrogens with zero attached hydrogens (tertiary/aromatic N) is 2. The molecule has 0 spiro atoms. The number of H-pyrrole nitrogens is 1. The summed E-state index contributed by atoms with van der Waals surface area (Å²) < 4.78 is 0. The first-order valence-corrected chi connectivity index (χ1v) is 8.32. The van der Waals surface area contributed by atoms with Crippen LogP contribution in [0.1, 0.15) is 38.1 Å². The molecular weight excluding hydrogens is 315 g/mol. The Kier molecular flexibility index (Phi) is 4.48. The molecule has 24 heavy (non-hydrogen) atoms. The summed E-state index contributed by atoms with van der Waals surface area (Å²) in [5, 5.41) is 0.949. The third-order valence-electron chi connectivity index (χ3n) is 3.89. The lowest BCUT2D eigenvalue weighted by atomic mass is 9.54. The molecule has 3 aromatic rings. The van der Waals surface area contributed by atoms with Gasteiger partial charge in [-0.25, -0.2) is 0 Å². The van der Waals surface area contributed by atoms with Gasteiger partial charge in [-0.1, -0.05) is 37.6 Å². The molecule has 2 aromatic heterocycles. The first kappa shape index (κ1) is 17.1. The van der Waals surface area contributed by atoms with Crippen molar-refractivity contribution in [3.8, 4) is 11.3 Å². The van der Waals surface area contributed by atoms with Crippen molar-refractivity contribution in [3.05, 3.63) is 47.0 Å². The number of hydrogen-bond donors (Lipinski definition) is 1. The Balaban J connectivity index is 1.97. The van der Waals surface area contributed by atoms with E-state index in [0.29, 0.717) is 17.4 Å². The van der Waals surface area contributed by atoms with Crippen LogP contribution in [-0.2, 0) is 6.42 Å². The van der Waals surface area contributed by atoms with Gasteiger partial charge in [0.1, 0.15) is 0 Å². The van der Waals surface area contributed by atoms with Gasteiger partial charge in [0.25, 0.3) is 0 Å². The van der Waals surface area contributed by atoms with Crippen LogP contribution >= 0.6 is 11.6 Å². The fourth-order valence-corrected chi connectivity index (χ4v) is 2.93. The molecule has 0 bridgehead atoms. The molecule has 0 aliphatic heterocycles. The smallest absolute Gasteiger partial charge is 0.0901 e. The number of aromatic amines is 1. The van der Waals surface area contributed by atoms with Crippen LogP contribution in [0, 0.1) is 0 Å². The van der Waals surface area contributed by atoms with Gasteiger partial charge in [0.05, 0.1) is 38.3 Å². The van der Waals surface area contributed by atoms with Gasteiger partial charge < -0.3 is 4.98 Å². The lowest BCUT2D eigenvalue weighted by Gasteiger charge is -2.17. The minimum atomic E-state index is -0.801. The minimum absolute atomic E-state index is 0.431. The van der Waals surface area contributed by atoms with E-state index in [9.17, 15) is 0 Å². The van der Waals surface area contributed by atoms with E-state index in [1.807, 2.05) is 12.1 Å². The van der Waals surface area contributed by atoms with Crippen molar-refractivity contribution in [1.29, 1.82) is 0 Å². The quantitative estimate of drug-likeness (QED) is 0.718. The molecule has 2 heterocycles. The minimum Gasteiger partial charge on any atom is -0.358 e. The number of hydrogen-bond acceptors (Lipinski definition) is 2. The van der Waals surface area contributed by atoms with E-state index >= 15 is 0 Å². The highest BCUT2D eigenvalue weighted by Gasteiger charge is 2.14. The first-order valence-electron chi connectivity index (χ1n) is 7.94. The van der Waals surface area contributed by atoms with Crippen LogP contribution < -0.4 is 0 Å². The van der Waals surface area contributed by atoms with Gasteiger partial charge in [-0.2, -0.15) is 0 Å². The lowest BCUT2D eigenvalue weighted by molar-refractivity contribution is 0.801. The summed E-state index contributed by atoms with van der Waals surface area (Å²) >= 11 is 6.45. The van der Waals surface area contributed by atoms with E-state index in [0.717, 1.165) is 27.9 Å². The Morgan fingerprint density at radius 2 is 1.92 bits per heavy atom. The Bertz CT molecular complexity index is 864. The van der Waals surface area contributed by atoms with Crippen molar-refractivity contribution in [2.24, 2.45) is 0 Å². The van der Waals surface area contributed by atoms with Gasteiger partial charge in [0.15, 0.2) is 0 Å². The van der Waals surface area contributed by atoms with Crippen LogP contribution in [0.15, 0.2) is 30.6 Å². The predicted molar refractivity (Wildman–Crippen MR) is 102 cm³/mol. The zero-order valence-corrected chi connectivity index (χ0v) is 14.9. The van der Waals surface area contributed by atoms with Crippen molar-refractivity contribution < 1.29 is 0 Å². The number of nitrogens with one attached hydrogen (secondary N) is 1. The van der Waals surface area contributed by atoms with Gasteiger partial charge in [0, 0.05) is 28.4 Å². The van der Waals surface area contributed by atoms with Gasteiger partial charge >= 0.3 is 0 Å². The molecule has 3 nitrogen and oxygen atoms in total. The van der Waals surface area contributed by atoms with Crippen molar-refractivity contribution >= 4 is 38.2 Å². The number of benzene rings is 1. The Hall–Kier alpha value is -1.74. The average Bonchev–Trinajstić information content (AvgIpc) is 2.89. The topological polar surface area (TPSA) is 41.6 Å². The van der Waals surface area contributed by atoms with Crippen LogP contribution in [0.4, 0.5) is 0 Å². The van der Waals surface area contributed by atoms with E-state index in [4.69, 9.17) is 27.3 Å². The summed E-state index contributed by atoms with van der Waals surface area (Å²) in [4.78, 5) is 12.3. The third-order valence-corrected chi connectivity index (χ3v) is 4.21. The molecule has 1 N–H and O–H groups in total. The first-order chi connectivity index (χ1) is 11.2. The van der Waals surface area contributed by atoms with Crippen molar-refractivity contribution in [2.75, 3.05) is 0 Å². The van der Waals surface area contributed by atoms with Gasteiger partial charge in [0.2, 0.25) is 0 Å². The molecule has 3 rings (SSSR count). The predicted octanol–water partition coefficient (Wildman–Crippen LogP) is 4.42. The molecule has 0 aliphatic rings. The third kappa shape index (κ3) is 3.67. The molecule has 0 aliphatic carbocycles. The second kappa shape index (κ2) is 6.29. The largest absolute Gasteiger partial charge is 0.358 e. The van der Waals surface area contributed by atoms with E-state index in [-0.39, 0.29) is 0 Å². The second-order valence-electron chi connectivity index (χ2n) is 6.87. The Morgan fingerprint density at radius 1 is 1.17 bits per heavy atom. The van der Waals surface area contributed by atoms with E-state index < -0.39 is 5.21 Å². The van der Waals surface area contributed by atoms with Crippen LogP contribution in [0.2, 0.25) is 10.2 Å². The molecule has 0 atom stereocenters. The summed E-state index contributed by atoms with van der Waals surface area (Å²) in [5.41, 5.74) is 4.56. The summed E-state index contributed by atoms with van der Waals surface area (Å²) in [7, 11) is 11.6. The lowest BCUT2D eigenvalue weighted by Crippen LogP contribution is -2.12. The van der Waals surface area contributed by atoms with Gasteiger partial charge in [-0.05, 0) is 30.5 Å². The Morgan fingerprint density at radius 3 is 2.50 bits per heavy atom.